The third-order valence-corrected chi connectivity index (χ3v) is 3.31. The maximum Gasteiger partial charge on any atom is 0.368 e. The van der Waals surface area contributed by atoms with Gasteiger partial charge >= 0.3 is 5.97 Å². The summed E-state index contributed by atoms with van der Waals surface area (Å²) in [4.78, 5) is 27.4. The average molecular weight is 322 g/mol. The van der Waals surface area contributed by atoms with Crippen LogP contribution in [0.25, 0.3) is 6.08 Å². The molecule has 0 unspecified atom stereocenters. The van der Waals surface area contributed by atoms with Crippen molar-refractivity contribution in [3.8, 4) is 5.75 Å². The summed E-state index contributed by atoms with van der Waals surface area (Å²) in [5, 5.41) is 3.85. The summed E-state index contributed by atoms with van der Waals surface area (Å²) in [6.07, 6.45) is 1.69. The van der Waals surface area contributed by atoms with Crippen molar-refractivity contribution >= 4 is 23.7 Å². The average Bonchev–Trinajstić information content (AvgIpc) is 2.96. The third-order valence-electron chi connectivity index (χ3n) is 3.31. The van der Waals surface area contributed by atoms with Gasteiger partial charge in [0.15, 0.2) is 6.61 Å². The van der Waals surface area contributed by atoms with E-state index < -0.39 is 11.9 Å². The molecule has 6 heteroatoms. The Labute approximate surface area is 138 Å². The lowest BCUT2D eigenvalue weighted by molar-refractivity contribution is -0.136. The van der Waals surface area contributed by atoms with E-state index in [0.717, 1.165) is 11.1 Å². The summed E-state index contributed by atoms with van der Waals surface area (Å²) in [5.74, 6) is -0.525. The Bertz CT molecular complexity index is 824. The van der Waals surface area contributed by atoms with Gasteiger partial charge in [-0.25, -0.2) is 4.79 Å². The van der Waals surface area contributed by atoms with E-state index in [1.807, 2.05) is 30.3 Å². The Morgan fingerprint density at radius 2 is 1.83 bits per heavy atom. The van der Waals surface area contributed by atoms with Crippen molar-refractivity contribution in [2.75, 3.05) is 6.61 Å². The van der Waals surface area contributed by atoms with E-state index in [1.165, 1.54) is 0 Å². The zero-order chi connectivity index (χ0) is 16.9. The van der Waals surface area contributed by atoms with Crippen molar-refractivity contribution in [2.45, 2.75) is 0 Å². The van der Waals surface area contributed by atoms with Crippen molar-refractivity contribution in [1.82, 2.24) is 0 Å². The summed E-state index contributed by atoms with van der Waals surface area (Å²) in [6, 6.07) is 16.2. The minimum atomic E-state index is -0.543. The molecule has 2 aromatic carbocycles. The molecule has 2 aromatic rings. The SMILES string of the molecule is NC(=O)COc1ccc(C=C2C(=O)ON=C2c2ccccc2)cc1. The molecule has 24 heavy (non-hydrogen) atoms. The number of oxime groups is 1. The van der Waals surface area contributed by atoms with E-state index in [-0.39, 0.29) is 6.61 Å². The molecular weight excluding hydrogens is 308 g/mol. The molecule has 0 saturated carbocycles. The molecule has 1 amide bonds. The second kappa shape index (κ2) is 6.78. The van der Waals surface area contributed by atoms with Crippen LogP contribution in [0, 0.1) is 0 Å². The number of carbonyl (C=O) groups excluding carboxylic acids is 2. The minimum absolute atomic E-state index is 0.183. The number of amides is 1. The molecule has 120 valence electrons. The quantitative estimate of drug-likeness (QED) is 0.672. The van der Waals surface area contributed by atoms with Crippen molar-refractivity contribution in [2.24, 2.45) is 10.9 Å². The molecule has 0 atom stereocenters. The number of nitrogens with zero attached hydrogens (tertiary/aromatic N) is 1. The van der Waals surface area contributed by atoms with Crippen LogP contribution in [0.1, 0.15) is 11.1 Å². The van der Waals surface area contributed by atoms with Crippen molar-refractivity contribution in [3.05, 3.63) is 71.3 Å². The topological polar surface area (TPSA) is 91.0 Å². The van der Waals surface area contributed by atoms with E-state index in [2.05, 4.69) is 5.16 Å². The zero-order valence-electron chi connectivity index (χ0n) is 12.6. The van der Waals surface area contributed by atoms with Crippen LogP contribution in [0.4, 0.5) is 0 Å². The summed E-state index contributed by atoms with van der Waals surface area (Å²) >= 11 is 0. The number of nitrogens with two attached hydrogens (primary N) is 1. The van der Waals surface area contributed by atoms with Gasteiger partial charge in [-0.1, -0.05) is 47.6 Å². The maximum absolute atomic E-state index is 11.9. The molecule has 1 aliphatic heterocycles. The first-order valence-electron chi connectivity index (χ1n) is 7.21. The number of hydrogen-bond acceptors (Lipinski definition) is 5. The highest BCUT2D eigenvalue weighted by atomic mass is 16.7. The first kappa shape index (κ1) is 15.5. The number of carbonyl (C=O) groups is 2. The summed E-state index contributed by atoms with van der Waals surface area (Å²) < 4.78 is 5.19. The van der Waals surface area contributed by atoms with Gasteiger partial charge in [0.2, 0.25) is 0 Å². The fourth-order valence-corrected chi connectivity index (χ4v) is 2.20. The van der Waals surface area contributed by atoms with Crippen LogP contribution in [0.2, 0.25) is 0 Å². The third kappa shape index (κ3) is 3.49. The maximum atomic E-state index is 11.9. The van der Waals surface area contributed by atoms with Crippen LogP contribution in [0.3, 0.4) is 0 Å². The first-order chi connectivity index (χ1) is 11.6. The standard InChI is InChI=1S/C18H14N2O4/c19-16(21)11-23-14-8-6-12(7-9-14)10-15-17(20-24-18(15)22)13-4-2-1-3-5-13/h1-10H,11H2,(H2,19,21). The largest absolute Gasteiger partial charge is 0.484 e. The number of benzene rings is 2. The number of ether oxygens (including phenoxy) is 1. The van der Waals surface area contributed by atoms with Gasteiger partial charge < -0.3 is 15.3 Å². The monoisotopic (exact) mass is 322 g/mol. The lowest BCUT2D eigenvalue weighted by Crippen LogP contribution is -2.19. The summed E-state index contributed by atoms with van der Waals surface area (Å²) in [5.41, 5.74) is 7.48. The van der Waals surface area contributed by atoms with Crippen LogP contribution < -0.4 is 10.5 Å². The van der Waals surface area contributed by atoms with Gasteiger partial charge in [-0.3, -0.25) is 4.79 Å². The van der Waals surface area contributed by atoms with Gasteiger partial charge in [-0.15, -0.1) is 0 Å². The van der Waals surface area contributed by atoms with Gasteiger partial charge in [0, 0.05) is 5.56 Å². The van der Waals surface area contributed by atoms with Crippen molar-refractivity contribution < 1.29 is 19.2 Å². The van der Waals surface area contributed by atoms with Crippen molar-refractivity contribution in [3.63, 3.8) is 0 Å². The van der Waals surface area contributed by atoms with Gasteiger partial charge in [-0.05, 0) is 23.8 Å². The highest BCUT2D eigenvalue weighted by Crippen LogP contribution is 2.21. The van der Waals surface area contributed by atoms with E-state index in [0.29, 0.717) is 17.0 Å². The molecule has 0 bridgehead atoms. The Morgan fingerprint density at radius 1 is 1.12 bits per heavy atom. The lowest BCUT2D eigenvalue weighted by Gasteiger charge is -2.04. The van der Waals surface area contributed by atoms with Gasteiger partial charge in [-0.2, -0.15) is 0 Å². The smallest absolute Gasteiger partial charge is 0.368 e. The van der Waals surface area contributed by atoms with Crippen LogP contribution >= 0.6 is 0 Å². The number of hydrogen-bond donors (Lipinski definition) is 1. The number of rotatable bonds is 5. The molecule has 0 aromatic heterocycles. The Hall–Kier alpha value is -3.41. The van der Waals surface area contributed by atoms with Gasteiger partial charge in [0.25, 0.3) is 5.91 Å². The second-order valence-electron chi connectivity index (χ2n) is 5.07. The van der Waals surface area contributed by atoms with Crippen LogP contribution in [-0.4, -0.2) is 24.2 Å². The molecular formula is C18H14N2O4. The predicted molar refractivity (Wildman–Crippen MR) is 88.2 cm³/mol. The summed E-state index contributed by atoms with van der Waals surface area (Å²) in [7, 11) is 0. The molecule has 0 radical (unpaired) electrons. The second-order valence-corrected chi connectivity index (χ2v) is 5.07. The molecule has 0 spiro atoms. The molecule has 0 saturated heterocycles. The Morgan fingerprint density at radius 3 is 2.50 bits per heavy atom. The van der Waals surface area contributed by atoms with E-state index in [1.54, 1.807) is 30.3 Å². The molecule has 0 aliphatic carbocycles. The zero-order valence-corrected chi connectivity index (χ0v) is 12.6. The minimum Gasteiger partial charge on any atom is -0.484 e. The molecule has 3 rings (SSSR count). The normalized spacial score (nSPS) is 15.1. The highest BCUT2D eigenvalue weighted by Gasteiger charge is 2.26. The molecule has 2 N–H and O–H groups in total. The van der Waals surface area contributed by atoms with E-state index in [4.69, 9.17) is 15.3 Å². The fourth-order valence-electron chi connectivity index (χ4n) is 2.20. The lowest BCUT2D eigenvalue weighted by atomic mass is 10.0. The highest BCUT2D eigenvalue weighted by molar-refractivity contribution is 6.31. The predicted octanol–water partition coefficient (Wildman–Crippen LogP) is 1.90. The van der Waals surface area contributed by atoms with Crippen LogP contribution in [-0.2, 0) is 14.4 Å². The number of primary amides is 1. The molecule has 1 aliphatic rings. The molecule has 1 heterocycles. The van der Waals surface area contributed by atoms with Crippen LogP contribution in [0.5, 0.6) is 5.75 Å². The van der Waals surface area contributed by atoms with Gasteiger partial charge in [0.1, 0.15) is 11.5 Å². The van der Waals surface area contributed by atoms with Crippen LogP contribution in [0.15, 0.2) is 65.3 Å². The van der Waals surface area contributed by atoms with Crippen molar-refractivity contribution in [1.29, 1.82) is 0 Å². The van der Waals surface area contributed by atoms with E-state index in [9.17, 15) is 9.59 Å². The fraction of sp³-hybridized carbons (Fsp3) is 0.0556. The first-order valence-corrected chi connectivity index (χ1v) is 7.21. The Balaban J connectivity index is 1.83. The molecule has 0 fully saturated rings. The molecule has 6 nitrogen and oxygen atoms in total. The van der Waals surface area contributed by atoms with Gasteiger partial charge in [0.05, 0.1) is 5.57 Å². The summed E-state index contributed by atoms with van der Waals surface area (Å²) in [6.45, 7) is -0.183. The van der Waals surface area contributed by atoms with E-state index >= 15 is 0 Å². The Kier molecular flexibility index (Phi) is 4.38.